The van der Waals surface area contributed by atoms with Crippen molar-refractivity contribution >= 4 is 0 Å². The zero-order chi connectivity index (χ0) is 7.61. The fraction of sp³-hybridized carbons (Fsp3) is 0.800. The van der Waals surface area contributed by atoms with Crippen LogP contribution in [0.3, 0.4) is 0 Å². The summed E-state index contributed by atoms with van der Waals surface area (Å²) in [5.41, 5.74) is 0.465. The normalized spacial score (nSPS) is 30.5. The van der Waals surface area contributed by atoms with Crippen molar-refractivity contribution in [3.63, 3.8) is 0 Å². The molecule has 0 saturated carbocycles. The van der Waals surface area contributed by atoms with Crippen LogP contribution in [0.5, 0.6) is 0 Å². The van der Waals surface area contributed by atoms with Crippen LogP contribution in [0.2, 0.25) is 0 Å². The molecule has 1 rings (SSSR count). The van der Waals surface area contributed by atoms with Gasteiger partial charge in [-0.15, -0.1) is 0 Å². The van der Waals surface area contributed by atoms with Gasteiger partial charge in [-0.1, -0.05) is 39.3 Å². The summed E-state index contributed by atoms with van der Waals surface area (Å²) in [4.78, 5) is 0. The molecule has 0 amide bonds. The largest absolute Gasteiger partial charge is 0.0880 e. The molecule has 0 aromatic carbocycles. The summed E-state index contributed by atoms with van der Waals surface area (Å²) in [5, 5.41) is 0. The quantitative estimate of drug-likeness (QED) is 0.487. The third-order valence-corrected chi connectivity index (χ3v) is 2.77. The molecule has 1 aliphatic carbocycles. The highest BCUT2D eigenvalue weighted by Gasteiger charge is 2.26. The molecule has 0 aromatic rings. The average molecular weight is 138 g/mol. The van der Waals surface area contributed by atoms with Gasteiger partial charge in [0.25, 0.3) is 0 Å². The molecule has 0 bridgehead atoms. The minimum atomic E-state index is 0.465. The lowest BCUT2D eigenvalue weighted by Crippen LogP contribution is -2.23. The minimum absolute atomic E-state index is 0.465. The average Bonchev–Trinajstić information content (AvgIpc) is 1.87. The molecule has 0 N–H and O–H groups in total. The SMILES string of the molecule is CCC1CCC=CC1(C)C. The van der Waals surface area contributed by atoms with E-state index in [1.165, 1.54) is 19.3 Å². The lowest BCUT2D eigenvalue weighted by molar-refractivity contribution is 0.246. The van der Waals surface area contributed by atoms with Crippen LogP contribution in [0, 0.1) is 11.3 Å². The third-order valence-electron chi connectivity index (χ3n) is 2.77. The Morgan fingerprint density at radius 2 is 2.20 bits per heavy atom. The van der Waals surface area contributed by atoms with Crippen LogP contribution in [-0.4, -0.2) is 0 Å². The maximum Gasteiger partial charge on any atom is -0.0147 e. The molecule has 10 heavy (non-hydrogen) atoms. The first-order chi connectivity index (χ1) is 4.67. The summed E-state index contributed by atoms with van der Waals surface area (Å²) in [6, 6.07) is 0. The zero-order valence-electron chi connectivity index (χ0n) is 7.35. The second-order valence-corrected chi connectivity index (χ2v) is 3.91. The topological polar surface area (TPSA) is 0 Å². The van der Waals surface area contributed by atoms with Crippen molar-refractivity contribution in [3.8, 4) is 0 Å². The van der Waals surface area contributed by atoms with Crippen LogP contribution in [0.4, 0.5) is 0 Å². The summed E-state index contributed by atoms with van der Waals surface area (Å²) in [6.07, 6.45) is 8.72. The Kier molecular flexibility index (Phi) is 2.18. The van der Waals surface area contributed by atoms with Gasteiger partial charge in [-0.05, 0) is 24.2 Å². The molecule has 0 saturated heterocycles. The maximum atomic E-state index is 2.38. The first-order valence-corrected chi connectivity index (χ1v) is 4.34. The van der Waals surface area contributed by atoms with Crippen molar-refractivity contribution < 1.29 is 0 Å². The predicted molar refractivity (Wildman–Crippen MR) is 45.9 cm³/mol. The fourth-order valence-corrected chi connectivity index (χ4v) is 1.92. The predicted octanol–water partition coefficient (Wildman–Crippen LogP) is 3.39. The molecule has 0 spiro atoms. The molecule has 58 valence electrons. The Hall–Kier alpha value is -0.260. The van der Waals surface area contributed by atoms with Crippen molar-refractivity contribution in [1.29, 1.82) is 0 Å². The van der Waals surface area contributed by atoms with Gasteiger partial charge in [-0.2, -0.15) is 0 Å². The second kappa shape index (κ2) is 2.77. The fourth-order valence-electron chi connectivity index (χ4n) is 1.92. The van der Waals surface area contributed by atoms with Gasteiger partial charge in [0.2, 0.25) is 0 Å². The summed E-state index contributed by atoms with van der Waals surface area (Å²) >= 11 is 0. The van der Waals surface area contributed by atoms with Crippen LogP contribution < -0.4 is 0 Å². The molecular weight excluding hydrogens is 120 g/mol. The number of hydrogen-bond acceptors (Lipinski definition) is 0. The summed E-state index contributed by atoms with van der Waals surface area (Å²) in [6.45, 7) is 6.99. The monoisotopic (exact) mass is 138 g/mol. The number of rotatable bonds is 1. The summed E-state index contributed by atoms with van der Waals surface area (Å²) < 4.78 is 0. The van der Waals surface area contributed by atoms with E-state index < -0.39 is 0 Å². The first-order valence-electron chi connectivity index (χ1n) is 4.34. The smallest absolute Gasteiger partial charge is 0.0147 e. The van der Waals surface area contributed by atoms with E-state index in [0.29, 0.717) is 5.41 Å². The van der Waals surface area contributed by atoms with Gasteiger partial charge in [0, 0.05) is 0 Å². The molecule has 1 atom stereocenters. The van der Waals surface area contributed by atoms with Gasteiger partial charge in [-0.25, -0.2) is 0 Å². The highest BCUT2D eigenvalue weighted by atomic mass is 14.3. The van der Waals surface area contributed by atoms with Crippen LogP contribution in [0.1, 0.15) is 40.0 Å². The van der Waals surface area contributed by atoms with Crippen molar-refractivity contribution in [1.82, 2.24) is 0 Å². The number of allylic oxidation sites excluding steroid dienone is 2. The Morgan fingerprint density at radius 1 is 1.50 bits per heavy atom. The van der Waals surface area contributed by atoms with Crippen molar-refractivity contribution in [3.05, 3.63) is 12.2 Å². The maximum absolute atomic E-state index is 2.38. The van der Waals surface area contributed by atoms with Gasteiger partial charge >= 0.3 is 0 Å². The Bertz CT molecular complexity index is 131. The molecule has 0 aromatic heterocycles. The van der Waals surface area contributed by atoms with Crippen LogP contribution in [0.25, 0.3) is 0 Å². The summed E-state index contributed by atoms with van der Waals surface area (Å²) in [5.74, 6) is 0.914. The highest BCUT2D eigenvalue weighted by molar-refractivity contribution is 5.02. The van der Waals surface area contributed by atoms with E-state index in [9.17, 15) is 0 Å². The van der Waals surface area contributed by atoms with E-state index in [-0.39, 0.29) is 0 Å². The van der Waals surface area contributed by atoms with Crippen molar-refractivity contribution in [2.24, 2.45) is 11.3 Å². The Morgan fingerprint density at radius 3 is 2.60 bits per heavy atom. The van der Waals surface area contributed by atoms with Gasteiger partial charge in [0.15, 0.2) is 0 Å². The number of hydrogen-bond donors (Lipinski definition) is 0. The molecule has 1 unspecified atom stereocenters. The van der Waals surface area contributed by atoms with E-state index in [4.69, 9.17) is 0 Å². The summed E-state index contributed by atoms with van der Waals surface area (Å²) in [7, 11) is 0. The molecule has 0 aliphatic heterocycles. The molecule has 0 heterocycles. The van der Waals surface area contributed by atoms with Gasteiger partial charge in [0.1, 0.15) is 0 Å². The Balaban J connectivity index is 2.66. The lowest BCUT2D eigenvalue weighted by Gasteiger charge is -2.33. The van der Waals surface area contributed by atoms with Crippen molar-refractivity contribution in [2.45, 2.75) is 40.0 Å². The van der Waals surface area contributed by atoms with Gasteiger partial charge in [0.05, 0.1) is 0 Å². The van der Waals surface area contributed by atoms with E-state index in [0.717, 1.165) is 5.92 Å². The van der Waals surface area contributed by atoms with Crippen LogP contribution in [0.15, 0.2) is 12.2 Å². The second-order valence-electron chi connectivity index (χ2n) is 3.91. The van der Waals surface area contributed by atoms with Crippen LogP contribution in [-0.2, 0) is 0 Å². The molecule has 0 fully saturated rings. The molecule has 1 aliphatic rings. The highest BCUT2D eigenvalue weighted by Crippen LogP contribution is 2.37. The lowest BCUT2D eigenvalue weighted by atomic mass is 9.72. The van der Waals surface area contributed by atoms with Gasteiger partial charge < -0.3 is 0 Å². The van der Waals surface area contributed by atoms with E-state index in [1.807, 2.05) is 0 Å². The molecule has 0 radical (unpaired) electrons. The molecular formula is C10H18. The molecule has 0 heteroatoms. The van der Waals surface area contributed by atoms with Gasteiger partial charge in [-0.3, -0.25) is 0 Å². The molecule has 0 nitrogen and oxygen atoms in total. The Labute approximate surface area is 64.3 Å². The van der Waals surface area contributed by atoms with E-state index in [2.05, 4.69) is 32.9 Å². The third kappa shape index (κ3) is 1.42. The zero-order valence-corrected chi connectivity index (χ0v) is 7.35. The minimum Gasteiger partial charge on any atom is -0.0880 e. The van der Waals surface area contributed by atoms with Crippen molar-refractivity contribution in [2.75, 3.05) is 0 Å². The first kappa shape index (κ1) is 7.84. The van der Waals surface area contributed by atoms with Crippen LogP contribution >= 0.6 is 0 Å². The van der Waals surface area contributed by atoms with E-state index in [1.54, 1.807) is 0 Å². The standard InChI is InChI=1S/C10H18/c1-4-9-7-5-6-8-10(9,2)3/h6,8-9H,4-5,7H2,1-3H3. The van der Waals surface area contributed by atoms with E-state index >= 15 is 0 Å².